The molecule has 0 bridgehead atoms. The minimum absolute atomic E-state index is 0.154. The number of nitrogens with one attached hydrogen (secondary N) is 1. The highest BCUT2D eigenvalue weighted by atomic mass is 35.5. The first-order valence-corrected chi connectivity index (χ1v) is 6.87. The largest absolute Gasteiger partial charge is 0.394 e. The van der Waals surface area contributed by atoms with Crippen LogP contribution in [0.2, 0.25) is 5.02 Å². The molecule has 0 spiro atoms. The molecule has 1 atom stereocenters. The minimum atomic E-state index is -0.524. The van der Waals surface area contributed by atoms with Gasteiger partial charge in [-0.2, -0.15) is 0 Å². The predicted molar refractivity (Wildman–Crippen MR) is 79.5 cm³/mol. The summed E-state index contributed by atoms with van der Waals surface area (Å²) in [7, 11) is 0. The van der Waals surface area contributed by atoms with Crippen LogP contribution < -0.4 is 5.32 Å². The van der Waals surface area contributed by atoms with Gasteiger partial charge >= 0.3 is 0 Å². The lowest BCUT2D eigenvalue weighted by Gasteiger charge is -2.17. The van der Waals surface area contributed by atoms with Gasteiger partial charge in [-0.3, -0.25) is 4.79 Å². The zero-order valence-electron chi connectivity index (χ0n) is 11.2. The van der Waals surface area contributed by atoms with Crippen molar-refractivity contribution in [2.24, 2.45) is 0 Å². The third-order valence-corrected chi connectivity index (χ3v) is 3.47. The van der Waals surface area contributed by atoms with Crippen molar-refractivity contribution < 1.29 is 14.3 Å². The molecular weight excluding hydrogens is 293 g/mol. The van der Waals surface area contributed by atoms with Gasteiger partial charge in [0.05, 0.1) is 19.1 Å². The van der Waals surface area contributed by atoms with E-state index in [1.807, 2.05) is 18.2 Å². The van der Waals surface area contributed by atoms with Crippen LogP contribution in [0, 0.1) is 5.82 Å². The molecule has 0 aromatic heterocycles. The van der Waals surface area contributed by atoms with Crippen molar-refractivity contribution in [1.82, 2.24) is 5.32 Å². The SMILES string of the molecule is O=C(Cc1c(F)cccc1Cl)N[C@@H](CO)c1ccccc1. The van der Waals surface area contributed by atoms with Crippen LogP contribution in [0.1, 0.15) is 17.2 Å². The van der Waals surface area contributed by atoms with E-state index in [1.165, 1.54) is 18.2 Å². The molecule has 0 unspecified atom stereocenters. The number of aliphatic hydroxyl groups is 1. The number of benzene rings is 2. The normalized spacial score (nSPS) is 12.0. The molecule has 0 saturated carbocycles. The van der Waals surface area contributed by atoms with E-state index < -0.39 is 17.8 Å². The van der Waals surface area contributed by atoms with Crippen LogP contribution in [0.5, 0.6) is 0 Å². The summed E-state index contributed by atoms with van der Waals surface area (Å²) in [4.78, 5) is 12.0. The molecule has 0 aliphatic rings. The molecule has 0 heterocycles. The molecule has 1 amide bonds. The van der Waals surface area contributed by atoms with Crippen molar-refractivity contribution in [2.75, 3.05) is 6.61 Å². The minimum Gasteiger partial charge on any atom is -0.394 e. The second-order valence-electron chi connectivity index (χ2n) is 4.59. The Morgan fingerprint density at radius 2 is 1.90 bits per heavy atom. The summed E-state index contributed by atoms with van der Waals surface area (Å²) >= 11 is 5.89. The van der Waals surface area contributed by atoms with E-state index in [9.17, 15) is 14.3 Å². The summed E-state index contributed by atoms with van der Waals surface area (Å²) in [6.45, 7) is -0.235. The molecule has 0 aliphatic heterocycles. The van der Waals surface area contributed by atoms with E-state index in [-0.39, 0.29) is 23.6 Å². The van der Waals surface area contributed by atoms with Gasteiger partial charge in [0, 0.05) is 10.6 Å². The molecule has 0 radical (unpaired) electrons. The maximum Gasteiger partial charge on any atom is 0.225 e. The molecule has 0 saturated heterocycles. The van der Waals surface area contributed by atoms with Gasteiger partial charge in [0.25, 0.3) is 0 Å². The first-order chi connectivity index (χ1) is 10.1. The van der Waals surface area contributed by atoms with E-state index >= 15 is 0 Å². The number of hydrogen-bond acceptors (Lipinski definition) is 2. The van der Waals surface area contributed by atoms with Crippen molar-refractivity contribution in [3.8, 4) is 0 Å². The fraction of sp³-hybridized carbons (Fsp3) is 0.188. The van der Waals surface area contributed by atoms with Gasteiger partial charge in [0.15, 0.2) is 0 Å². The standard InChI is InChI=1S/C16H15ClFNO2/c17-13-7-4-8-14(18)12(13)9-16(21)19-15(10-20)11-5-2-1-3-6-11/h1-8,15,20H,9-10H2,(H,19,21)/t15-/m0/s1. The van der Waals surface area contributed by atoms with Crippen LogP contribution in [0.15, 0.2) is 48.5 Å². The van der Waals surface area contributed by atoms with E-state index in [0.29, 0.717) is 0 Å². The van der Waals surface area contributed by atoms with Crippen molar-refractivity contribution in [3.05, 3.63) is 70.5 Å². The van der Waals surface area contributed by atoms with Crippen molar-refractivity contribution in [3.63, 3.8) is 0 Å². The Balaban J connectivity index is 2.07. The second kappa shape index (κ2) is 7.20. The Labute approximate surface area is 127 Å². The third kappa shape index (κ3) is 4.03. The quantitative estimate of drug-likeness (QED) is 0.892. The number of rotatable bonds is 5. The van der Waals surface area contributed by atoms with Gasteiger partial charge in [0.1, 0.15) is 5.82 Å². The molecule has 21 heavy (non-hydrogen) atoms. The van der Waals surface area contributed by atoms with Gasteiger partial charge in [-0.15, -0.1) is 0 Å². The van der Waals surface area contributed by atoms with Gasteiger partial charge in [-0.25, -0.2) is 4.39 Å². The van der Waals surface area contributed by atoms with Gasteiger partial charge in [-0.05, 0) is 17.7 Å². The summed E-state index contributed by atoms with van der Waals surface area (Å²) in [6.07, 6.45) is -0.172. The lowest BCUT2D eigenvalue weighted by molar-refractivity contribution is -0.121. The Bertz CT molecular complexity index is 599. The van der Waals surface area contributed by atoms with Crippen molar-refractivity contribution >= 4 is 17.5 Å². The van der Waals surface area contributed by atoms with Gasteiger partial charge < -0.3 is 10.4 Å². The lowest BCUT2D eigenvalue weighted by Crippen LogP contribution is -2.32. The number of amides is 1. The summed E-state index contributed by atoms with van der Waals surface area (Å²) in [5, 5.41) is 12.3. The van der Waals surface area contributed by atoms with Gasteiger partial charge in [0.2, 0.25) is 5.91 Å². The highest BCUT2D eigenvalue weighted by molar-refractivity contribution is 6.31. The maximum absolute atomic E-state index is 13.6. The molecule has 0 aliphatic carbocycles. The molecule has 2 aromatic carbocycles. The predicted octanol–water partition coefficient (Wildman–Crippen LogP) is 2.87. The van der Waals surface area contributed by atoms with E-state index in [4.69, 9.17) is 11.6 Å². The Morgan fingerprint density at radius 3 is 2.52 bits per heavy atom. The van der Waals surface area contributed by atoms with E-state index in [0.717, 1.165) is 5.56 Å². The van der Waals surface area contributed by atoms with Crippen LogP contribution in [0.4, 0.5) is 4.39 Å². The average molecular weight is 308 g/mol. The fourth-order valence-electron chi connectivity index (χ4n) is 2.03. The summed E-state index contributed by atoms with van der Waals surface area (Å²) in [6, 6.07) is 12.8. The second-order valence-corrected chi connectivity index (χ2v) is 5.00. The maximum atomic E-state index is 13.6. The zero-order chi connectivity index (χ0) is 15.2. The van der Waals surface area contributed by atoms with E-state index in [1.54, 1.807) is 12.1 Å². The molecule has 2 N–H and O–H groups in total. The Morgan fingerprint density at radius 1 is 1.19 bits per heavy atom. The highest BCUT2D eigenvalue weighted by Crippen LogP contribution is 2.20. The fourth-order valence-corrected chi connectivity index (χ4v) is 2.26. The Hall–Kier alpha value is -1.91. The molecule has 110 valence electrons. The molecule has 0 fully saturated rings. The molecule has 2 aromatic rings. The number of carbonyl (C=O) groups excluding carboxylic acids is 1. The zero-order valence-corrected chi connectivity index (χ0v) is 12.0. The van der Waals surface area contributed by atoms with Crippen LogP contribution in [0.3, 0.4) is 0 Å². The summed E-state index contributed by atoms with van der Waals surface area (Å²) < 4.78 is 13.6. The number of carbonyl (C=O) groups is 1. The monoisotopic (exact) mass is 307 g/mol. The number of aliphatic hydroxyl groups excluding tert-OH is 1. The molecule has 3 nitrogen and oxygen atoms in total. The molecule has 5 heteroatoms. The van der Waals surface area contributed by atoms with Gasteiger partial charge in [-0.1, -0.05) is 48.0 Å². The highest BCUT2D eigenvalue weighted by Gasteiger charge is 2.16. The number of halogens is 2. The topological polar surface area (TPSA) is 49.3 Å². The van der Waals surface area contributed by atoms with Crippen molar-refractivity contribution in [1.29, 1.82) is 0 Å². The van der Waals surface area contributed by atoms with E-state index in [2.05, 4.69) is 5.32 Å². The van der Waals surface area contributed by atoms with Crippen LogP contribution in [0.25, 0.3) is 0 Å². The van der Waals surface area contributed by atoms with Crippen LogP contribution >= 0.6 is 11.6 Å². The Kier molecular flexibility index (Phi) is 5.31. The smallest absolute Gasteiger partial charge is 0.225 e. The molecular formula is C16H15ClFNO2. The lowest BCUT2D eigenvalue weighted by atomic mass is 10.1. The first kappa shape index (κ1) is 15.5. The summed E-state index contributed by atoms with van der Waals surface area (Å²) in [5.74, 6) is -0.914. The first-order valence-electron chi connectivity index (χ1n) is 6.50. The van der Waals surface area contributed by atoms with Crippen LogP contribution in [-0.2, 0) is 11.2 Å². The average Bonchev–Trinajstić information content (AvgIpc) is 2.49. The number of hydrogen-bond donors (Lipinski definition) is 2. The third-order valence-electron chi connectivity index (χ3n) is 3.12. The molecule has 2 rings (SSSR count). The summed E-state index contributed by atoms with van der Waals surface area (Å²) in [5.41, 5.74) is 0.939. The van der Waals surface area contributed by atoms with Crippen molar-refractivity contribution in [2.45, 2.75) is 12.5 Å². The van der Waals surface area contributed by atoms with Crippen LogP contribution in [-0.4, -0.2) is 17.6 Å².